The van der Waals surface area contributed by atoms with E-state index in [1.165, 1.54) is 5.56 Å². The number of aromatic nitrogens is 3. The van der Waals surface area contributed by atoms with E-state index in [2.05, 4.69) is 58.2 Å². The van der Waals surface area contributed by atoms with Gasteiger partial charge in [0.2, 0.25) is 5.95 Å². The number of fused-ring (bicyclic) bond motifs is 1. The van der Waals surface area contributed by atoms with Crippen LogP contribution in [0.2, 0.25) is 0 Å². The average molecular weight is 242 g/mol. The van der Waals surface area contributed by atoms with Crippen LogP contribution in [0.4, 0.5) is 5.95 Å². The van der Waals surface area contributed by atoms with Crippen molar-refractivity contribution in [1.82, 2.24) is 14.8 Å². The van der Waals surface area contributed by atoms with E-state index >= 15 is 0 Å². The van der Waals surface area contributed by atoms with Crippen LogP contribution in [0.25, 0.3) is 0 Å². The molecule has 0 spiro atoms. The molecule has 1 aliphatic heterocycles. The SMILES string of the molecule is CC1(C)CNc2nnc(Cc3ccccc3)n2C1. The predicted octanol–water partition coefficient (Wildman–Crippen LogP) is 2.32. The number of benzene rings is 1. The first-order valence-corrected chi connectivity index (χ1v) is 6.34. The molecule has 1 aromatic heterocycles. The molecule has 0 unspecified atom stereocenters. The largest absolute Gasteiger partial charge is 0.354 e. The summed E-state index contributed by atoms with van der Waals surface area (Å²) in [4.78, 5) is 0. The first-order chi connectivity index (χ1) is 8.64. The van der Waals surface area contributed by atoms with Crippen LogP contribution < -0.4 is 5.32 Å². The molecule has 4 nitrogen and oxygen atoms in total. The Morgan fingerprint density at radius 2 is 2.00 bits per heavy atom. The van der Waals surface area contributed by atoms with Crippen molar-refractivity contribution in [1.29, 1.82) is 0 Å². The standard InChI is InChI=1S/C14H18N4/c1-14(2)9-15-13-17-16-12(18(13)10-14)8-11-6-4-3-5-7-11/h3-7H,8-10H2,1-2H3,(H,15,17). The van der Waals surface area contributed by atoms with E-state index in [0.29, 0.717) is 0 Å². The molecule has 0 bridgehead atoms. The number of hydrogen-bond donors (Lipinski definition) is 1. The normalized spacial score (nSPS) is 17.0. The molecular weight excluding hydrogens is 224 g/mol. The van der Waals surface area contributed by atoms with E-state index in [0.717, 1.165) is 31.3 Å². The van der Waals surface area contributed by atoms with Gasteiger partial charge < -0.3 is 5.32 Å². The second kappa shape index (κ2) is 4.12. The zero-order chi connectivity index (χ0) is 12.6. The topological polar surface area (TPSA) is 42.7 Å². The van der Waals surface area contributed by atoms with E-state index in [-0.39, 0.29) is 5.41 Å². The maximum atomic E-state index is 4.31. The fourth-order valence-corrected chi connectivity index (χ4v) is 2.34. The minimum absolute atomic E-state index is 0.251. The number of anilines is 1. The van der Waals surface area contributed by atoms with E-state index in [1.54, 1.807) is 0 Å². The molecule has 0 saturated carbocycles. The summed E-state index contributed by atoms with van der Waals surface area (Å²) in [6, 6.07) is 10.4. The Labute approximate surface area is 107 Å². The minimum atomic E-state index is 0.251. The van der Waals surface area contributed by atoms with Gasteiger partial charge in [-0.1, -0.05) is 44.2 Å². The van der Waals surface area contributed by atoms with Gasteiger partial charge in [0.05, 0.1) is 0 Å². The molecule has 1 N–H and O–H groups in total. The molecule has 0 amide bonds. The number of rotatable bonds is 2. The third-order valence-electron chi connectivity index (χ3n) is 3.34. The first-order valence-electron chi connectivity index (χ1n) is 6.34. The van der Waals surface area contributed by atoms with Crippen LogP contribution >= 0.6 is 0 Å². The summed E-state index contributed by atoms with van der Waals surface area (Å²) in [5.41, 5.74) is 1.52. The maximum Gasteiger partial charge on any atom is 0.224 e. The second-order valence-electron chi connectivity index (χ2n) is 5.71. The van der Waals surface area contributed by atoms with Gasteiger partial charge in [-0.25, -0.2) is 0 Å². The van der Waals surface area contributed by atoms with Crippen LogP contribution in [0.15, 0.2) is 30.3 Å². The molecule has 0 fully saturated rings. The molecule has 0 radical (unpaired) electrons. The zero-order valence-corrected chi connectivity index (χ0v) is 10.8. The molecule has 4 heteroatoms. The fraction of sp³-hybridized carbons (Fsp3) is 0.429. The second-order valence-corrected chi connectivity index (χ2v) is 5.71. The Hall–Kier alpha value is -1.84. The summed E-state index contributed by atoms with van der Waals surface area (Å²) < 4.78 is 2.20. The lowest BCUT2D eigenvalue weighted by atomic mass is 9.92. The van der Waals surface area contributed by atoms with Gasteiger partial charge in [-0.2, -0.15) is 0 Å². The Bertz CT molecular complexity index is 542. The van der Waals surface area contributed by atoms with Gasteiger partial charge in [0, 0.05) is 24.9 Å². The lowest BCUT2D eigenvalue weighted by molar-refractivity contribution is 0.306. The third-order valence-corrected chi connectivity index (χ3v) is 3.34. The summed E-state index contributed by atoms with van der Waals surface area (Å²) in [5.74, 6) is 1.94. The van der Waals surface area contributed by atoms with Crippen molar-refractivity contribution in [2.45, 2.75) is 26.8 Å². The summed E-state index contributed by atoms with van der Waals surface area (Å²) in [5, 5.41) is 11.9. The molecule has 94 valence electrons. The predicted molar refractivity (Wildman–Crippen MR) is 71.5 cm³/mol. The Morgan fingerprint density at radius 1 is 1.22 bits per heavy atom. The minimum Gasteiger partial charge on any atom is -0.354 e. The summed E-state index contributed by atoms with van der Waals surface area (Å²) in [6.45, 7) is 6.45. The van der Waals surface area contributed by atoms with E-state index in [1.807, 2.05) is 6.07 Å². The van der Waals surface area contributed by atoms with Gasteiger partial charge in [0.1, 0.15) is 5.82 Å². The maximum absolute atomic E-state index is 4.31. The van der Waals surface area contributed by atoms with Gasteiger partial charge in [-0.3, -0.25) is 4.57 Å². The summed E-state index contributed by atoms with van der Waals surface area (Å²) in [6.07, 6.45) is 0.839. The summed E-state index contributed by atoms with van der Waals surface area (Å²) in [7, 11) is 0. The highest BCUT2D eigenvalue weighted by Crippen LogP contribution is 2.27. The summed E-state index contributed by atoms with van der Waals surface area (Å²) >= 11 is 0. The van der Waals surface area contributed by atoms with Gasteiger partial charge in [-0.15, -0.1) is 10.2 Å². The van der Waals surface area contributed by atoms with Crippen molar-refractivity contribution in [2.24, 2.45) is 5.41 Å². The third kappa shape index (κ3) is 2.10. The lowest BCUT2D eigenvalue weighted by Gasteiger charge is -2.31. The van der Waals surface area contributed by atoms with Crippen molar-refractivity contribution >= 4 is 5.95 Å². The van der Waals surface area contributed by atoms with Crippen LogP contribution in [0, 0.1) is 5.41 Å². The highest BCUT2D eigenvalue weighted by molar-refractivity contribution is 5.31. The van der Waals surface area contributed by atoms with Crippen LogP contribution in [0.5, 0.6) is 0 Å². The van der Waals surface area contributed by atoms with Crippen LogP contribution in [0.3, 0.4) is 0 Å². The Kier molecular flexibility index (Phi) is 2.58. The molecule has 1 aromatic carbocycles. The van der Waals surface area contributed by atoms with E-state index < -0.39 is 0 Å². The first kappa shape index (κ1) is 11.3. The monoisotopic (exact) mass is 242 g/mol. The lowest BCUT2D eigenvalue weighted by Crippen LogP contribution is -2.35. The molecule has 0 atom stereocenters. The quantitative estimate of drug-likeness (QED) is 0.878. The highest BCUT2D eigenvalue weighted by atomic mass is 15.4. The Morgan fingerprint density at radius 3 is 2.78 bits per heavy atom. The van der Waals surface area contributed by atoms with Gasteiger partial charge in [-0.05, 0) is 5.56 Å². The molecule has 18 heavy (non-hydrogen) atoms. The van der Waals surface area contributed by atoms with Crippen LogP contribution in [-0.4, -0.2) is 21.3 Å². The van der Waals surface area contributed by atoms with E-state index in [4.69, 9.17) is 0 Å². The van der Waals surface area contributed by atoms with Crippen LogP contribution in [-0.2, 0) is 13.0 Å². The molecule has 2 aromatic rings. The van der Waals surface area contributed by atoms with Crippen molar-refractivity contribution in [3.05, 3.63) is 41.7 Å². The van der Waals surface area contributed by atoms with Gasteiger partial charge >= 0.3 is 0 Å². The van der Waals surface area contributed by atoms with Crippen molar-refractivity contribution < 1.29 is 0 Å². The number of nitrogens with zero attached hydrogens (tertiary/aromatic N) is 3. The van der Waals surface area contributed by atoms with E-state index in [9.17, 15) is 0 Å². The fourth-order valence-electron chi connectivity index (χ4n) is 2.34. The smallest absolute Gasteiger partial charge is 0.224 e. The Balaban J connectivity index is 1.89. The molecular formula is C14H18N4. The molecule has 0 saturated heterocycles. The molecule has 0 aliphatic carbocycles. The zero-order valence-electron chi connectivity index (χ0n) is 10.8. The van der Waals surface area contributed by atoms with Gasteiger partial charge in [0.15, 0.2) is 0 Å². The number of hydrogen-bond acceptors (Lipinski definition) is 3. The molecule has 1 aliphatic rings. The average Bonchev–Trinajstić information content (AvgIpc) is 2.72. The number of nitrogens with one attached hydrogen (secondary N) is 1. The molecule has 3 rings (SSSR count). The molecule has 2 heterocycles. The van der Waals surface area contributed by atoms with Gasteiger partial charge in [0.25, 0.3) is 0 Å². The van der Waals surface area contributed by atoms with Crippen molar-refractivity contribution in [3.63, 3.8) is 0 Å². The highest BCUT2D eigenvalue weighted by Gasteiger charge is 2.27. The van der Waals surface area contributed by atoms with Crippen molar-refractivity contribution in [2.75, 3.05) is 11.9 Å². The van der Waals surface area contributed by atoms with Crippen molar-refractivity contribution in [3.8, 4) is 0 Å². The van der Waals surface area contributed by atoms with Crippen LogP contribution in [0.1, 0.15) is 25.2 Å².